The minimum Gasteiger partial charge on any atom is -0.394 e. The summed E-state index contributed by atoms with van der Waals surface area (Å²) in [4.78, 5) is 16.1. The number of nitrogens with two attached hydrogens (primary N) is 1. The van der Waals surface area contributed by atoms with Crippen molar-refractivity contribution in [3.8, 4) is 0 Å². The second-order valence-corrected chi connectivity index (χ2v) is 3.97. The van der Waals surface area contributed by atoms with E-state index in [4.69, 9.17) is 10.5 Å². The third kappa shape index (κ3) is 2.49. The van der Waals surface area contributed by atoms with Crippen LogP contribution in [0.1, 0.15) is 0 Å². The van der Waals surface area contributed by atoms with E-state index in [9.17, 15) is 15.2 Å². The second-order valence-electron chi connectivity index (χ2n) is 3.97. The maximum Gasteiger partial charge on any atom is 0.276 e. The molecule has 18 heavy (non-hydrogen) atoms. The predicted molar refractivity (Wildman–Crippen MR) is 64.3 cm³/mol. The fraction of sp³-hybridized carbons (Fsp3) is 0.500. The van der Waals surface area contributed by atoms with Crippen LogP contribution in [0.3, 0.4) is 0 Å². The van der Waals surface area contributed by atoms with Gasteiger partial charge in [-0.3, -0.25) is 10.1 Å². The number of nitro groups is 1. The van der Waals surface area contributed by atoms with Crippen molar-refractivity contribution in [2.45, 2.75) is 6.04 Å². The highest BCUT2D eigenvalue weighted by atomic mass is 16.6. The first-order valence-electron chi connectivity index (χ1n) is 5.49. The van der Waals surface area contributed by atoms with E-state index in [0.717, 1.165) is 0 Å². The highest BCUT2D eigenvalue weighted by molar-refractivity contribution is 5.54. The molecule has 0 amide bonds. The van der Waals surface area contributed by atoms with Crippen LogP contribution in [0.25, 0.3) is 0 Å². The van der Waals surface area contributed by atoms with E-state index in [-0.39, 0.29) is 24.2 Å². The SMILES string of the molecule is Nc1cc([N+](=O)[O-])cc(N2CCOCC2CO)n1. The van der Waals surface area contributed by atoms with E-state index in [1.807, 2.05) is 0 Å². The molecule has 1 aromatic heterocycles. The van der Waals surface area contributed by atoms with Crippen molar-refractivity contribution in [3.63, 3.8) is 0 Å². The number of morpholine rings is 1. The number of nitrogens with zero attached hydrogens (tertiary/aromatic N) is 3. The minimum absolute atomic E-state index is 0.0855. The molecular weight excluding hydrogens is 240 g/mol. The smallest absolute Gasteiger partial charge is 0.276 e. The molecule has 1 aromatic rings. The van der Waals surface area contributed by atoms with Gasteiger partial charge in [0.15, 0.2) is 0 Å². The molecule has 2 heterocycles. The second kappa shape index (κ2) is 5.15. The lowest BCUT2D eigenvalue weighted by Crippen LogP contribution is -2.48. The monoisotopic (exact) mass is 254 g/mol. The Bertz CT molecular complexity index is 454. The fourth-order valence-electron chi connectivity index (χ4n) is 1.88. The zero-order valence-electron chi connectivity index (χ0n) is 9.65. The number of hydrogen-bond donors (Lipinski definition) is 2. The van der Waals surface area contributed by atoms with E-state index < -0.39 is 4.92 Å². The molecular formula is C10H14N4O4. The molecule has 1 aliphatic heterocycles. The molecule has 1 aliphatic rings. The van der Waals surface area contributed by atoms with Crippen LogP contribution in [-0.4, -0.2) is 47.4 Å². The minimum atomic E-state index is -0.518. The number of nitrogen functional groups attached to an aromatic ring is 1. The first-order chi connectivity index (χ1) is 8.61. The molecule has 0 aromatic carbocycles. The number of ether oxygens (including phenoxy) is 1. The van der Waals surface area contributed by atoms with E-state index in [2.05, 4.69) is 4.98 Å². The normalized spacial score (nSPS) is 19.8. The van der Waals surface area contributed by atoms with Gasteiger partial charge >= 0.3 is 0 Å². The van der Waals surface area contributed by atoms with Gasteiger partial charge < -0.3 is 20.5 Å². The molecule has 0 aliphatic carbocycles. The fourth-order valence-corrected chi connectivity index (χ4v) is 1.88. The standard InChI is InChI=1S/C10H14N4O4/c11-9-3-7(14(16)17)4-10(12-9)13-1-2-18-6-8(13)5-15/h3-4,8,15H,1-2,5-6H2,(H2,11,12). The molecule has 1 saturated heterocycles. The van der Waals surface area contributed by atoms with Crippen LogP contribution >= 0.6 is 0 Å². The molecule has 0 radical (unpaired) electrons. The van der Waals surface area contributed by atoms with Crippen molar-refractivity contribution in [1.29, 1.82) is 0 Å². The Kier molecular flexibility index (Phi) is 3.58. The van der Waals surface area contributed by atoms with E-state index >= 15 is 0 Å². The number of pyridine rings is 1. The average molecular weight is 254 g/mol. The van der Waals surface area contributed by atoms with Gasteiger partial charge in [0.25, 0.3) is 5.69 Å². The number of aliphatic hydroxyl groups is 1. The summed E-state index contributed by atoms with van der Waals surface area (Å²) in [5.74, 6) is 0.478. The lowest BCUT2D eigenvalue weighted by Gasteiger charge is -2.35. The zero-order valence-corrected chi connectivity index (χ0v) is 9.65. The van der Waals surface area contributed by atoms with Crippen molar-refractivity contribution >= 4 is 17.3 Å². The molecule has 0 bridgehead atoms. The van der Waals surface area contributed by atoms with Gasteiger partial charge in [-0.2, -0.15) is 0 Å². The van der Waals surface area contributed by atoms with Gasteiger partial charge in [-0.05, 0) is 0 Å². The van der Waals surface area contributed by atoms with Gasteiger partial charge in [-0.1, -0.05) is 0 Å². The summed E-state index contributed by atoms with van der Waals surface area (Å²) in [5, 5.41) is 20.0. The van der Waals surface area contributed by atoms with Crippen LogP contribution in [0.5, 0.6) is 0 Å². The van der Waals surface area contributed by atoms with Gasteiger partial charge in [-0.25, -0.2) is 4.98 Å². The van der Waals surface area contributed by atoms with Crippen LogP contribution < -0.4 is 10.6 Å². The van der Waals surface area contributed by atoms with E-state index in [0.29, 0.717) is 25.6 Å². The summed E-state index contributed by atoms with van der Waals surface area (Å²) in [6, 6.07) is 2.30. The summed E-state index contributed by atoms with van der Waals surface area (Å²) in [6.07, 6.45) is 0. The molecule has 0 spiro atoms. The molecule has 1 atom stereocenters. The van der Waals surface area contributed by atoms with Crippen molar-refractivity contribution in [3.05, 3.63) is 22.2 Å². The summed E-state index contributed by atoms with van der Waals surface area (Å²) >= 11 is 0. The third-order valence-electron chi connectivity index (χ3n) is 2.76. The Morgan fingerprint density at radius 1 is 1.67 bits per heavy atom. The number of aromatic nitrogens is 1. The van der Waals surface area contributed by atoms with Gasteiger partial charge in [-0.15, -0.1) is 0 Å². The molecule has 1 unspecified atom stereocenters. The summed E-state index contributed by atoms with van der Waals surface area (Å²) in [7, 11) is 0. The van der Waals surface area contributed by atoms with Crippen molar-refractivity contribution < 1.29 is 14.8 Å². The molecule has 8 heteroatoms. The lowest BCUT2D eigenvalue weighted by atomic mass is 10.2. The summed E-state index contributed by atoms with van der Waals surface area (Å²) in [5.41, 5.74) is 5.44. The van der Waals surface area contributed by atoms with Crippen LogP contribution in [0.2, 0.25) is 0 Å². The van der Waals surface area contributed by atoms with E-state index in [1.165, 1.54) is 12.1 Å². The van der Waals surface area contributed by atoms with Gasteiger partial charge in [0.1, 0.15) is 11.6 Å². The Morgan fingerprint density at radius 2 is 2.44 bits per heavy atom. The molecule has 2 rings (SSSR count). The number of hydrogen-bond acceptors (Lipinski definition) is 7. The number of rotatable bonds is 3. The van der Waals surface area contributed by atoms with Crippen molar-refractivity contribution in [2.24, 2.45) is 0 Å². The Labute approximate surface area is 103 Å². The summed E-state index contributed by atoms with van der Waals surface area (Å²) < 4.78 is 5.24. The topological polar surface area (TPSA) is 115 Å². The first kappa shape index (κ1) is 12.5. The molecule has 3 N–H and O–H groups in total. The Hall–Kier alpha value is -1.93. The maximum absolute atomic E-state index is 10.8. The maximum atomic E-state index is 10.8. The molecule has 8 nitrogen and oxygen atoms in total. The number of aliphatic hydroxyl groups excluding tert-OH is 1. The van der Waals surface area contributed by atoms with Gasteiger partial charge in [0.2, 0.25) is 0 Å². The first-order valence-corrected chi connectivity index (χ1v) is 5.49. The van der Waals surface area contributed by atoms with Crippen LogP contribution in [-0.2, 0) is 4.74 Å². The van der Waals surface area contributed by atoms with Crippen molar-refractivity contribution in [1.82, 2.24) is 4.98 Å². The van der Waals surface area contributed by atoms with Gasteiger partial charge in [0.05, 0.1) is 42.9 Å². The summed E-state index contributed by atoms with van der Waals surface area (Å²) in [6.45, 7) is 1.25. The lowest BCUT2D eigenvalue weighted by molar-refractivity contribution is -0.384. The molecule has 1 fully saturated rings. The largest absolute Gasteiger partial charge is 0.394 e. The average Bonchev–Trinajstić information content (AvgIpc) is 2.38. The van der Waals surface area contributed by atoms with Crippen LogP contribution in [0.4, 0.5) is 17.3 Å². The van der Waals surface area contributed by atoms with Crippen molar-refractivity contribution in [2.75, 3.05) is 37.0 Å². The molecule has 0 saturated carbocycles. The van der Waals surface area contributed by atoms with Gasteiger partial charge in [0, 0.05) is 6.54 Å². The highest BCUT2D eigenvalue weighted by Crippen LogP contribution is 2.24. The quantitative estimate of drug-likeness (QED) is 0.565. The van der Waals surface area contributed by atoms with Crippen LogP contribution in [0.15, 0.2) is 12.1 Å². The molecule has 98 valence electrons. The Balaban J connectivity index is 2.33. The van der Waals surface area contributed by atoms with E-state index in [1.54, 1.807) is 4.90 Å². The highest BCUT2D eigenvalue weighted by Gasteiger charge is 2.25. The Morgan fingerprint density at radius 3 is 3.11 bits per heavy atom. The number of anilines is 2. The predicted octanol–water partition coefficient (Wildman–Crippen LogP) is -0.231. The zero-order chi connectivity index (χ0) is 13.1. The third-order valence-corrected chi connectivity index (χ3v) is 2.76. The van der Waals surface area contributed by atoms with Crippen LogP contribution in [0, 0.1) is 10.1 Å².